The lowest BCUT2D eigenvalue weighted by molar-refractivity contribution is -0.229. The van der Waals surface area contributed by atoms with Gasteiger partial charge in [-0.15, -0.1) is 0 Å². The quantitative estimate of drug-likeness (QED) is 0.614. The summed E-state index contributed by atoms with van der Waals surface area (Å²) in [7, 11) is 0. The highest BCUT2D eigenvalue weighted by atomic mass is 16.6. The van der Waals surface area contributed by atoms with Crippen LogP contribution < -0.4 is 14.6 Å². The first kappa shape index (κ1) is 10.8. The van der Waals surface area contributed by atoms with Crippen molar-refractivity contribution in [1.29, 1.82) is 5.41 Å². The molecule has 0 radical (unpaired) electrons. The summed E-state index contributed by atoms with van der Waals surface area (Å²) >= 11 is 0. The van der Waals surface area contributed by atoms with E-state index < -0.39 is 11.8 Å². The van der Waals surface area contributed by atoms with Crippen LogP contribution in [0.4, 0.5) is 0 Å². The molecule has 1 aromatic carbocycles. The molecule has 1 aliphatic heterocycles. The Kier molecular flexibility index (Phi) is 2.99. The lowest BCUT2D eigenvalue weighted by atomic mass is 9.99. The van der Waals surface area contributed by atoms with Gasteiger partial charge in [0.15, 0.2) is 11.5 Å². The van der Waals surface area contributed by atoms with Gasteiger partial charge in [0.2, 0.25) is 0 Å². The molecule has 1 aromatic rings. The Bertz CT molecular complexity index is 392. The fraction of sp³-hybridized carbons (Fsp3) is 0.417. The molecular formula is C12H14NO3-. The van der Waals surface area contributed by atoms with Crippen molar-refractivity contribution < 1.29 is 14.6 Å². The fourth-order valence-electron chi connectivity index (χ4n) is 1.85. The highest BCUT2D eigenvalue weighted by molar-refractivity contribution is 5.71. The van der Waals surface area contributed by atoms with E-state index in [1.807, 2.05) is 31.2 Å². The summed E-state index contributed by atoms with van der Waals surface area (Å²) in [5.74, 6) is 0.355. The summed E-state index contributed by atoms with van der Waals surface area (Å²) in [5.41, 5.74) is 0. The summed E-state index contributed by atoms with van der Waals surface area (Å²) in [6, 6.07) is 7.36. The van der Waals surface area contributed by atoms with Crippen molar-refractivity contribution in [3.8, 4) is 11.5 Å². The van der Waals surface area contributed by atoms with Gasteiger partial charge in [0.05, 0.1) is 0 Å². The number of benzene rings is 1. The fourth-order valence-corrected chi connectivity index (χ4v) is 1.85. The molecule has 86 valence electrons. The molecule has 0 spiro atoms. The minimum Gasteiger partial charge on any atom is -0.862 e. The van der Waals surface area contributed by atoms with Crippen molar-refractivity contribution in [2.75, 3.05) is 6.61 Å². The van der Waals surface area contributed by atoms with Crippen molar-refractivity contribution in [3.05, 3.63) is 24.3 Å². The highest BCUT2D eigenvalue weighted by Gasteiger charge is 2.27. The van der Waals surface area contributed by atoms with Gasteiger partial charge in [-0.25, -0.2) is 0 Å². The largest absolute Gasteiger partial charge is 0.862 e. The van der Waals surface area contributed by atoms with Crippen LogP contribution in [-0.4, -0.2) is 18.6 Å². The number of nitrogens with one attached hydrogen (secondary N) is 1. The van der Waals surface area contributed by atoms with E-state index in [4.69, 9.17) is 14.9 Å². The Morgan fingerprint density at radius 1 is 1.50 bits per heavy atom. The molecule has 0 saturated heterocycles. The third-order valence-electron chi connectivity index (χ3n) is 2.76. The van der Waals surface area contributed by atoms with Crippen molar-refractivity contribution >= 4 is 5.90 Å². The van der Waals surface area contributed by atoms with E-state index in [2.05, 4.69) is 0 Å². The lowest BCUT2D eigenvalue weighted by Gasteiger charge is -2.33. The standard InChI is InChI=1S/C12H15NO3/c1-2-8(12(13)14)11-7-15-9-5-3-4-6-10(9)16-11/h3-6,8,11H,2,7H2,1H3,(H2,13,14)/p-1. The van der Waals surface area contributed by atoms with Crippen LogP contribution in [0.25, 0.3) is 0 Å². The maximum absolute atomic E-state index is 11.1. The number of hydrogen-bond acceptors (Lipinski definition) is 4. The Hall–Kier alpha value is -1.71. The number of para-hydroxylation sites is 2. The zero-order valence-electron chi connectivity index (χ0n) is 9.10. The molecule has 2 rings (SSSR count). The first-order valence-corrected chi connectivity index (χ1v) is 5.36. The molecule has 1 aliphatic rings. The van der Waals surface area contributed by atoms with Gasteiger partial charge in [-0.3, -0.25) is 0 Å². The molecule has 0 aliphatic carbocycles. The molecule has 2 atom stereocenters. The molecule has 4 nitrogen and oxygen atoms in total. The summed E-state index contributed by atoms with van der Waals surface area (Å²) in [4.78, 5) is 0. The van der Waals surface area contributed by atoms with Crippen LogP contribution in [0.3, 0.4) is 0 Å². The van der Waals surface area contributed by atoms with E-state index in [-0.39, 0.29) is 6.10 Å². The van der Waals surface area contributed by atoms with Crippen molar-refractivity contribution in [1.82, 2.24) is 0 Å². The second kappa shape index (κ2) is 4.43. The second-order valence-electron chi connectivity index (χ2n) is 3.79. The van der Waals surface area contributed by atoms with Gasteiger partial charge >= 0.3 is 0 Å². The molecule has 1 N–H and O–H groups in total. The average molecular weight is 220 g/mol. The first-order chi connectivity index (χ1) is 7.72. The molecule has 0 saturated carbocycles. The van der Waals surface area contributed by atoms with Gasteiger partial charge in [-0.1, -0.05) is 19.1 Å². The summed E-state index contributed by atoms with van der Waals surface area (Å²) in [6.45, 7) is 2.21. The Balaban J connectivity index is 2.15. The van der Waals surface area contributed by atoms with E-state index in [0.29, 0.717) is 24.5 Å². The van der Waals surface area contributed by atoms with Crippen LogP contribution in [0.15, 0.2) is 24.3 Å². The maximum atomic E-state index is 11.1. The van der Waals surface area contributed by atoms with Crippen molar-refractivity contribution in [3.63, 3.8) is 0 Å². The second-order valence-corrected chi connectivity index (χ2v) is 3.79. The van der Waals surface area contributed by atoms with E-state index in [0.717, 1.165) is 0 Å². The summed E-state index contributed by atoms with van der Waals surface area (Å²) in [5, 5.41) is 18.3. The van der Waals surface area contributed by atoms with Gasteiger partial charge in [0, 0.05) is 5.92 Å². The van der Waals surface area contributed by atoms with Gasteiger partial charge in [0.25, 0.3) is 0 Å². The number of ether oxygens (including phenoxy) is 2. The zero-order chi connectivity index (χ0) is 11.5. The maximum Gasteiger partial charge on any atom is 0.161 e. The van der Waals surface area contributed by atoms with Crippen LogP contribution in [-0.2, 0) is 0 Å². The van der Waals surface area contributed by atoms with Crippen molar-refractivity contribution in [2.24, 2.45) is 5.92 Å². The normalized spacial score (nSPS) is 20.2. The molecule has 0 fully saturated rings. The third kappa shape index (κ3) is 1.96. The van der Waals surface area contributed by atoms with E-state index in [9.17, 15) is 5.11 Å². The highest BCUT2D eigenvalue weighted by Crippen LogP contribution is 2.33. The third-order valence-corrected chi connectivity index (χ3v) is 2.76. The predicted octanol–water partition coefficient (Wildman–Crippen LogP) is 1.19. The first-order valence-electron chi connectivity index (χ1n) is 5.36. The Morgan fingerprint density at radius 3 is 2.81 bits per heavy atom. The summed E-state index contributed by atoms with van der Waals surface area (Å²) in [6.07, 6.45) is 0.253. The van der Waals surface area contributed by atoms with Crippen LogP contribution >= 0.6 is 0 Å². The molecule has 1 heterocycles. The molecule has 16 heavy (non-hydrogen) atoms. The summed E-state index contributed by atoms with van der Waals surface area (Å²) < 4.78 is 11.2. The van der Waals surface area contributed by atoms with Crippen LogP contribution in [0, 0.1) is 11.3 Å². The van der Waals surface area contributed by atoms with Crippen LogP contribution in [0.1, 0.15) is 13.3 Å². The molecule has 4 heteroatoms. The van der Waals surface area contributed by atoms with Gasteiger partial charge in [-0.05, 0) is 24.5 Å². The predicted molar refractivity (Wildman–Crippen MR) is 57.9 cm³/mol. The Morgan fingerprint density at radius 2 is 2.19 bits per heavy atom. The number of hydrogen-bond donors (Lipinski definition) is 1. The average Bonchev–Trinajstić information content (AvgIpc) is 2.29. The van der Waals surface area contributed by atoms with Gasteiger partial charge < -0.3 is 20.0 Å². The van der Waals surface area contributed by atoms with Gasteiger partial charge in [-0.2, -0.15) is 0 Å². The molecule has 0 amide bonds. The SMILES string of the molecule is CCC(C(=N)[O-])C1COc2ccccc2O1. The minimum absolute atomic E-state index is 0.333. The Labute approximate surface area is 94.3 Å². The molecular weight excluding hydrogens is 206 g/mol. The van der Waals surface area contributed by atoms with Crippen LogP contribution in [0.5, 0.6) is 11.5 Å². The van der Waals surface area contributed by atoms with E-state index in [1.165, 1.54) is 0 Å². The topological polar surface area (TPSA) is 65.4 Å². The van der Waals surface area contributed by atoms with Crippen molar-refractivity contribution in [2.45, 2.75) is 19.4 Å². The van der Waals surface area contributed by atoms with E-state index >= 15 is 0 Å². The number of rotatable bonds is 3. The van der Waals surface area contributed by atoms with Gasteiger partial charge in [0.1, 0.15) is 12.7 Å². The lowest BCUT2D eigenvalue weighted by Crippen LogP contribution is -2.43. The molecule has 2 unspecified atom stereocenters. The smallest absolute Gasteiger partial charge is 0.161 e. The van der Waals surface area contributed by atoms with Crippen LogP contribution in [0.2, 0.25) is 0 Å². The monoisotopic (exact) mass is 220 g/mol. The van der Waals surface area contributed by atoms with E-state index in [1.54, 1.807) is 0 Å². The zero-order valence-corrected chi connectivity index (χ0v) is 9.10. The molecule has 0 bridgehead atoms. The number of fused-ring (bicyclic) bond motifs is 1. The molecule has 0 aromatic heterocycles. The minimum atomic E-state index is -0.588.